The maximum absolute atomic E-state index is 10.3. The van der Waals surface area contributed by atoms with Gasteiger partial charge < -0.3 is 20.5 Å². The number of urea groups is 1. The zero-order valence-corrected chi connectivity index (χ0v) is 5.18. The van der Waals surface area contributed by atoms with Crippen LogP contribution in [0.25, 0.3) is 0 Å². The average Bonchev–Trinajstić information content (AvgIpc) is 1.85. The van der Waals surface area contributed by atoms with Gasteiger partial charge in [0.05, 0.1) is 0 Å². The second-order valence-corrected chi connectivity index (χ2v) is 1.27. The number of aliphatic hydroxyl groups excluding tert-OH is 1. The van der Waals surface area contributed by atoms with Gasteiger partial charge in [-0.05, 0) is 0 Å². The van der Waals surface area contributed by atoms with Crippen molar-refractivity contribution in [2.75, 3.05) is 20.6 Å². The lowest BCUT2D eigenvalue weighted by molar-refractivity contribution is 0.167. The molecule has 2 amide bonds. The third-order valence-electron chi connectivity index (χ3n) is 0.617. The molecule has 0 spiro atoms. The van der Waals surface area contributed by atoms with E-state index < -0.39 is 6.03 Å². The van der Waals surface area contributed by atoms with Crippen LogP contribution in [-0.2, 0) is 4.74 Å². The number of rotatable bonds is 3. The summed E-state index contributed by atoms with van der Waals surface area (Å²) < 4.78 is 4.51. The van der Waals surface area contributed by atoms with E-state index >= 15 is 0 Å². The average molecular weight is 134 g/mol. The molecule has 0 aromatic rings. The standard InChI is InChI=1S/C4H10N2O3/c1-9-3-6-4(8)5-2-7/h7H,2-3H2,1H3,(H2,5,6,8). The molecule has 5 heteroatoms. The van der Waals surface area contributed by atoms with Crippen molar-refractivity contribution >= 4 is 6.03 Å². The first-order valence-electron chi connectivity index (χ1n) is 2.42. The third kappa shape index (κ3) is 5.05. The number of hydrogen-bond acceptors (Lipinski definition) is 3. The summed E-state index contributed by atoms with van der Waals surface area (Å²) in [5.74, 6) is 0. The van der Waals surface area contributed by atoms with E-state index in [0.717, 1.165) is 0 Å². The first-order chi connectivity index (χ1) is 4.31. The highest BCUT2D eigenvalue weighted by atomic mass is 16.5. The number of amides is 2. The number of carbonyl (C=O) groups excluding carboxylic acids is 1. The minimum atomic E-state index is -0.445. The molecule has 0 rings (SSSR count). The van der Waals surface area contributed by atoms with Crippen molar-refractivity contribution in [2.24, 2.45) is 0 Å². The van der Waals surface area contributed by atoms with Crippen molar-refractivity contribution in [3.05, 3.63) is 0 Å². The van der Waals surface area contributed by atoms with E-state index in [0.29, 0.717) is 0 Å². The molecule has 9 heavy (non-hydrogen) atoms. The van der Waals surface area contributed by atoms with Gasteiger partial charge in [-0.2, -0.15) is 0 Å². The molecular formula is C4H10N2O3. The van der Waals surface area contributed by atoms with Crippen LogP contribution >= 0.6 is 0 Å². The van der Waals surface area contributed by atoms with Crippen molar-refractivity contribution < 1.29 is 14.6 Å². The second-order valence-electron chi connectivity index (χ2n) is 1.27. The summed E-state index contributed by atoms with van der Waals surface area (Å²) in [5, 5.41) is 12.5. The largest absolute Gasteiger partial charge is 0.376 e. The topological polar surface area (TPSA) is 70.6 Å². The molecular weight excluding hydrogens is 124 g/mol. The fourth-order valence-corrected chi connectivity index (χ4v) is 0.272. The summed E-state index contributed by atoms with van der Waals surface area (Å²) in [5.41, 5.74) is 0. The molecule has 54 valence electrons. The second kappa shape index (κ2) is 5.33. The number of methoxy groups -OCH3 is 1. The van der Waals surface area contributed by atoms with E-state index in [4.69, 9.17) is 5.11 Å². The molecule has 3 N–H and O–H groups in total. The van der Waals surface area contributed by atoms with Crippen LogP contribution in [0.5, 0.6) is 0 Å². The van der Waals surface area contributed by atoms with Gasteiger partial charge in [-0.1, -0.05) is 0 Å². The van der Waals surface area contributed by atoms with Crippen LogP contribution in [0, 0.1) is 0 Å². The number of aliphatic hydroxyl groups is 1. The van der Waals surface area contributed by atoms with Gasteiger partial charge in [0.25, 0.3) is 0 Å². The van der Waals surface area contributed by atoms with Crippen LogP contribution in [0.1, 0.15) is 0 Å². The van der Waals surface area contributed by atoms with Gasteiger partial charge >= 0.3 is 6.03 Å². The summed E-state index contributed by atoms with van der Waals surface area (Å²) >= 11 is 0. The number of hydrogen-bond donors (Lipinski definition) is 3. The monoisotopic (exact) mass is 134 g/mol. The fraction of sp³-hybridized carbons (Fsp3) is 0.750. The Hall–Kier alpha value is -0.810. The van der Waals surface area contributed by atoms with Gasteiger partial charge in [0.2, 0.25) is 0 Å². The van der Waals surface area contributed by atoms with E-state index in [9.17, 15) is 4.79 Å². The van der Waals surface area contributed by atoms with Crippen LogP contribution in [0.3, 0.4) is 0 Å². The lowest BCUT2D eigenvalue weighted by Crippen LogP contribution is -2.36. The van der Waals surface area contributed by atoms with Gasteiger partial charge in [-0.25, -0.2) is 4.79 Å². The molecule has 0 heterocycles. The summed E-state index contributed by atoms with van der Waals surface area (Å²) in [4.78, 5) is 10.3. The molecule has 0 atom stereocenters. The molecule has 0 saturated heterocycles. The predicted octanol–water partition coefficient (Wildman–Crippen LogP) is -1.16. The maximum Gasteiger partial charge on any atom is 0.318 e. The van der Waals surface area contributed by atoms with E-state index in [1.807, 2.05) is 0 Å². The number of ether oxygens (including phenoxy) is 1. The number of carbonyl (C=O) groups is 1. The Kier molecular flexibility index (Phi) is 4.85. The Labute approximate surface area is 53.0 Å². The van der Waals surface area contributed by atoms with Crippen LogP contribution in [0.2, 0.25) is 0 Å². The summed E-state index contributed by atoms with van der Waals surface area (Å²) in [6.07, 6.45) is 0. The molecule has 0 aliphatic carbocycles. The Morgan fingerprint density at radius 3 is 2.78 bits per heavy atom. The van der Waals surface area contributed by atoms with E-state index in [1.165, 1.54) is 7.11 Å². The maximum atomic E-state index is 10.3. The lowest BCUT2D eigenvalue weighted by atomic mass is 10.9. The van der Waals surface area contributed by atoms with Crippen molar-refractivity contribution in [3.8, 4) is 0 Å². The molecule has 0 aromatic carbocycles. The van der Waals surface area contributed by atoms with Crippen LogP contribution in [-0.4, -0.2) is 31.7 Å². The quantitative estimate of drug-likeness (QED) is 0.426. The minimum absolute atomic E-state index is 0.145. The molecule has 0 aliphatic rings. The van der Waals surface area contributed by atoms with Gasteiger partial charge in [0.15, 0.2) is 0 Å². The Balaban J connectivity index is 3.06. The van der Waals surface area contributed by atoms with Crippen molar-refractivity contribution in [2.45, 2.75) is 0 Å². The molecule has 0 aliphatic heterocycles. The van der Waals surface area contributed by atoms with Crippen molar-refractivity contribution in [1.82, 2.24) is 10.6 Å². The molecule has 0 radical (unpaired) electrons. The lowest BCUT2D eigenvalue weighted by Gasteiger charge is -2.01. The summed E-state index contributed by atoms with van der Waals surface area (Å²) in [6.45, 7) is -0.221. The van der Waals surface area contributed by atoms with Crippen LogP contribution in [0.15, 0.2) is 0 Å². The first kappa shape index (κ1) is 8.19. The van der Waals surface area contributed by atoms with Crippen LogP contribution < -0.4 is 10.6 Å². The molecule has 0 fully saturated rings. The predicted molar refractivity (Wildman–Crippen MR) is 30.6 cm³/mol. The zero-order valence-electron chi connectivity index (χ0n) is 5.18. The van der Waals surface area contributed by atoms with Gasteiger partial charge in [-0.15, -0.1) is 0 Å². The van der Waals surface area contributed by atoms with Gasteiger partial charge in [0.1, 0.15) is 13.5 Å². The zero-order chi connectivity index (χ0) is 7.11. The highest BCUT2D eigenvalue weighted by Crippen LogP contribution is 1.62. The van der Waals surface area contributed by atoms with Crippen molar-refractivity contribution in [3.63, 3.8) is 0 Å². The normalized spacial score (nSPS) is 8.67. The molecule has 0 saturated carbocycles. The van der Waals surface area contributed by atoms with Crippen LogP contribution in [0.4, 0.5) is 4.79 Å². The van der Waals surface area contributed by atoms with E-state index in [1.54, 1.807) is 0 Å². The van der Waals surface area contributed by atoms with Gasteiger partial charge in [0, 0.05) is 7.11 Å². The van der Waals surface area contributed by atoms with E-state index in [-0.39, 0.29) is 13.5 Å². The molecule has 5 nitrogen and oxygen atoms in total. The highest BCUT2D eigenvalue weighted by Gasteiger charge is 1.92. The minimum Gasteiger partial charge on any atom is -0.376 e. The summed E-state index contributed by atoms with van der Waals surface area (Å²) in [7, 11) is 1.46. The number of nitrogens with one attached hydrogen (secondary N) is 2. The summed E-state index contributed by atoms with van der Waals surface area (Å²) in [6, 6.07) is -0.445. The first-order valence-corrected chi connectivity index (χ1v) is 2.42. The Bertz CT molecular complexity index is 85.9. The molecule has 0 aromatic heterocycles. The van der Waals surface area contributed by atoms with E-state index in [2.05, 4.69) is 15.4 Å². The van der Waals surface area contributed by atoms with Crippen molar-refractivity contribution in [1.29, 1.82) is 0 Å². The Morgan fingerprint density at radius 2 is 2.33 bits per heavy atom. The molecule has 0 unspecified atom stereocenters. The fourth-order valence-electron chi connectivity index (χ4n) is 0.272. The SMILES string of the molecule is COCNC(=O)NCO. The molecule has 0 bridgehead atoms. The van der Waals surface area contributed by atoms with Gasteiger partial charge in [-0.3, -0.25) is 0 Å². The highest BCUT2D eigenvalue weighted by molar-refractivity contribution is 5.73. The Morgan fingerprint density at radius 1 is 1.67 bits per heavy atom. The smallest absolute Gasteiger partial charge is 0.318 e. The third-order valence-corrected chi connectivity index (χ3v) is 0.617.